The standard InChI is InChI=1S/C17H19F3N2O/c1-3-12(2)22-11-13-6-5-9-21-16(13)23-15-8-4-7-14(10-15)17(18,19)20/h4-10,12,22H,3,11H2,1-2H3/t12-/m0/s1. The van der Waals surface area contributed by atoms with Gasteiger partial charge in [-0.05, 0) is 37.6 Å². The maximum atomic E-state index is 12.8. The topological polar surface area (TPSA) is 34.2 Å². The largest absolute Gasteiger partial charge is 0.439 e. The van der Waals surface area contributed by atoms with Gasteiger partial charge >= 0.3 is 6.18 Å². The smallest absolute Gasteiger partial charge is 0.416 e. The van der Waals surface area contributed by atoms with Crippen LogP contribution in [0.15, 0.2) is 42.6 Å². The van der Waals surface area contributed by atoms with Crippen molar-refractivity contribution in [1.82, 2.24) is 10.3 Å². The van der Waals surface area contributed by atoms with Crippen LogP contribution in [0.4, 0.5) is 13.2 Å². The summed E-state index contributed by atoms with van der Waals surface area (Å²) in [4.78, 5) is 4.13. The molecule has 0 radical (unpaired) electrons. The lowest BCUT2D eigenvalue weighted by Gasteiger charge is -2.14. The molecule has 0 aliphatic heterocycles. The first kappa shape index (κ1) is 17.3. The van der Waals surface area contributed by atoms with Crippen molar-refractivity contribution in [2.75, 3.05) is 0 Å². The molecular weight excluding hydrogens is 305 g/mol. The molecule has 1 heterocycles. The maximum absolute atomic E-state index is 12.8. The lowest BCUT2D eigenvalue weighted by atomic mass is 10.2. The van der Waals surface area contributed by atoms with Crippen molar-refractivity contribution in [3.05, 3.63) is 53.7 Å². The first-order valence-electron chi connectivity index (χ1n) is 7.42. The number of rotatable bonds is 6. The van der Waals surface area contributed by atoms with Gasteiger partial charge in [0.15, 0.2) is 0 Å². The highest BCUT2D eigenvalue weighted by molar-refractivity contribution is 5.35. The van der Waals surface area contributed by atoms with Crippen LogP contribution in [0.25, 0.3) is 0 Å². The van der Waals surface area contributed by atoms with Crippen molar-refractivity contribution in [3.63, 3.8) is 0 Å². The number of ether oxygens (including phenoxy) is 1. The number of halogens is 3. The van der Waals surface area contributed by atoms with Crippen LogP contribution in [-0.4, -0.2) is 11.0 Å². The van der Waals surface area contributed by atoms with Crippen LogP contribution in [0.1, 0.15) is 31.4 Å². The molecule has 0 amide bonds. The van der Waals surface area contributed by atoms with E-state index >= 15 is 0 Å². The van der Waals surface area contributed by atoms with E-state index in [1.54, 1.807) is 12.3 Å². The zero-order valence-electron chi connectivity index (χ0n) is 13.0. The van der Waals surface area contributed by atoms with Crippen LogP contribution < -0.4 is 10.1 Å². The van der Waals surface area contributed by atoms with E-state index in [4.69, 9.17) is 4.74 Å². The Morgan fingerprint density at radius 3 is 2.70 bits per heavy atom. The molecule has 23 heavy (non-hydrogen) atoms. The molecule has 1 aromatic heterocycles. The summed E-state index contributed by atoms with van der Waals surface area (Å²) >= 11 is 0. The van der Waals surface area contributed by atoms with Crippen LogP contribution in [0.5, 0.6) is 11.6 Å². The highest BCUT2D eigenvalue weighted by Gasteiger charge is 2.30. The molecule has 6 heteroatoms. The molecule has 1 N–H and O–H groups in total. The monoisotopic (exact) mass is 324 g/mol. The Morgan fingerprint density at radius 2 is 2.00 bits per heavy atom. The average Bonchev–Trinajstić information content (AvgIpc) is 2.53. The molecule has 124 valence electrons. The Morgan fingerprint density at radius 1 is 1.22 bits per heavy atom. The summed E-state index contributed by atoms with van der Waals surface area (Å²) in [5, 5.41) is 3.31. The average molecular weight is 324 g/mol. The Labute approximate surface area is 133 Å². The summed E-state index contributed by atoms with van der Waals surface area (Å²) in [5.74, 6) is 0.422. The number of nitrogens with zero attached hydrogens (tertiary/aromatic N) is 1. The molecule has 0 saturated heterocycles. The fourth-order valence-corrected chi connectivity index (χ4v) is 1.93. The fraction of sp³-hybridized carbons (Fsp3) is 0.353. The van der Waals surface area contributed by atoms with E-state index in [2.05, 4.69) is 24.1 Å². The molecular formula is C17H19F3N2O. The molecule has 0 spiro atoms. The zero-order chi connectivity index (χ0) is 16.9. The lowest BCUT2D eigenvalue weighted by molar-refractivity contribution is -0.137. The third-order valence-corrected chi connectivity index (χ3v) is 3.48. The number of alkyl halides is 3. The van der Waals surface area contributed by atoms with E-state index in [1.807, 2.05) is 6.07 Å². The molecule has 1 atom stereocenters. The van der Waals surface area contributed by atoms with Crippen molar-refractivity contribution in [2.24, 2.45) is 0 Å². The van der Waals surface area contributed by atoms with Crippen LogP contribution in [0.3, 0.4) is 0 Å². The summed E-state index contributed by atoms with van der Waals surface area (Å²) in [6.07, 6.45) is -1.87. The second kappa shape index (κ2) is 7.46. The number of hydrogen-bond donors (Lipinski definition) is 1. The predicted octanol–water partition coefficient (Wildman–Crippen LogP) is 4.78. The first-order valence-corrected chi connectivity index (χ1v) is 7.42. The highest BCUT2D eigenvalue weighted by atomic mass is 19.4. The molecule has 2 rings (SSSR count). The van der Waals surface area contributed by atoms with Crippen molar-refractivity contribution in [1.29, 1.82) is 0 Å². The van der Waals surface area contributed by atoms with E-state index < -0.39 is 11.7 Å². The van der Waals surface area contributed by atoms with Gasteiger partial charge in [0.1, 0.15) is 5.75 Å². The summed E-state index contributed by atoms with van der Waals surface area (Å²) in [6.45, 7) is 4.67. The Balaban J connectivity index is 2.17. The summed E-state index contributed by atoms with van der Waals surface area (Å²) in [6, 6.07) is 8.72. The SMILES string of the molecule is CC[C@H](C)NCc1cccnc1Oc1cccc(C(F)(F)F)c1. The quantitative estimate of drug-likeness (QED) is 0.830. The number of nitrogens with one attached hydrogen (secondary N) is 1. The Hall–Kier alpha value is -2.08. The molecule has 2 aromatic rings. The van der Waals surface area contributed by atoms with E-state index in [0.717, 1.165) is 24.1 Å². The van der Waals surface area contributed by atoms with E-state index in [9.17, 15) is 13.2 Å². The van der Waals surface area contributed by atoms with Crippen molar-refractivity contribution >= 4 is 0 Å². The van der Waals surface area contributed by atoms with Crippen molar-refractivity contribution in [3.8, 4) is 11.6 Å². The minimum absolute atomic E-state index is 0.114. The Bertz CT molecular complexity index is 644. The van der Waals surface area contributed by atoms with E-state index in [0.29, 0.717) is 18.5 Å². The fourth-order valence-electron chi connectivity index (χ4n) is 1.93. The van der Waals surface area contributed by atoms with Crippen LogP contribution >= 0.6 is 0 Å². The number of aromatic nitrogens is 1. The molecule has 0 saturated carbocycles. The van der Waals surface area contributed by atoms with Crippen LogP contribution in [-0.2, 0) is 12.7 Å². The molecule has 0 unspecified atom stereocenters. The van der Waals surface area contributed by atoms with Gasteiger partial charge in [0.05, 0.1) is 5.56 Å². The number of benzene rings is 1. The van der Waals surface area contributed by atoms with Gasteiger partial charge in [-0.3, -0.25) is 0 Å². The number of hydrogen-bond acceptors (Lipinski definition) is 3. The van der Waals surface area contributed by atoms with Gasteiger partial charge in [-0.2, -0.15) is 13.2 Å². The molecule has 1 aromatic carbocycles. The van der Waals surface area contributed by atoms with Gasteiger partial charge in [0.25, 0.3) is 0 Å². The predicted molar refractivity (Wildman–Crippen MR) is 82.3 cm³/mol. The van der Waals surface area contributed by atoms with Gasteiger partial charge in [-0.15, -0.1) is 0 Å². The van der Waals surface area contributed by atoms with E-state index in [-0.39, 0.29) is 5.75 Å². The van der Waals surface area contributed by atoms with Crippen LogP contribution in [0, 0.1) is 0 Å². The highest BCUT2D eigenvalue weighted by Crippen LogP contribution is 2.32. The third kappa shape index (κ3) is 4.96. The molecule has 0 aliphatic rings. The molecule has 0 fully saturated rings. The summed E-state index contributed by atoms with van der Waals surface area (Å²) in [7, 11) is 0. The minimum atomic E-state index is -4.40. The van der Waals surface area contributed by atoms with Gasteiger partial charge in [0, 0.05) is 24.3 Å². The molecule has 0 bridgehead atoms. The second-order valence-corrected chi connectivity index (χ2v) is 5.29. The normalized spacial score (nSPS) is 12.9. The zero-order valence-corrected chi connectivity index (χ0v) is 13.0. The molecule has 3 nitrogen and oxygen atoms in total. The van der Waals surface area contributed by atoms with Gasteiger partial charge < -0.3 is 10.1 Å². The van der Waals surface area contributed by atoms with Gasteiger partial charge in [-0.25, -0.2) is 4.98 Å². The minimum Gasteiger partial charge on any atom is -0.439 e. The Kier molecular flexibility index (Phi) is 5.60. The van der Waals surface area contributed by atoms with Gasteiger partial charge in [0.2, 0.25) is 5.88 Å². The second-order valence-electron chi connectivity index (χ2n) is 5.29. The van der Waals surface area contributed by atoms with Crippen molar-refractivity contribution < 1.29 is 17.9 Å². The maximum Gasteiger partial charge on any atom is 0.416 e. The third-order valence-electron chi connectivity index (χ3n) is 3.48. The first-order chi connectivity index (χ1) is 10.9. The van der Waals surface area contributed by atoms with Crippen molar-refractivity contribution in [2.45, 2.75) is 39.0 Å². The molecule has 0 aliphatic carbocycles. The lowest BCUT2D eigenvalue weighted by Crippen LogP contribution is -2.24. The summed E-state index contributed by atoms with van der Waals surface area (Å²) < 4.78 is 43.8. The van der Waals surface area contributed by atoms with Crippen LogP contribution in [0.2, 0.25) is 0 Å². The summed E-state index contributed by atoms with van der Waals surface area (Å²) in [5.41, 5.74) is 0.0513. The number of pyridine rings is 1. The van der Waals surface area contributed by atoms with E-state index in [1.165, 1.54) is 12.1 Å². The van der Waals surface area contributed by atoms with Gasteiger partial charge in [-0.1, -0.05) is 19.1 Å².